The van der Waals surface area contributed by atoms with E-state index in [0.717, 1.165) is 26.1 Å². The number of rotatable bonds is 3. The molecular formula is C10H18N2O2. The van der Waals surface area contributed by atoms with Gasteiger partial charge in [0.25, 0.3) is 0 Å². The first-order valence-corrected chi connectivity index (χ1v) is 5.13. The fourth-order valence-electron chi connectivity index (χ4n) is 1.76. The van der Waals surface area contributed by atoms with E-state index in [0.29, 0.717) is 13.1 Å². The maximum absolute atomic E-state index is 11.6. The number of amides is 1. The van der Waals surface area contributed by atoms with Crippen LogP contribution in [0.25, 0.3) is 0 Å². The first kappa shape index (κ1) is 11.2. The molecule has 1 amide bonds. The van der Waals surface area contributed by atoms with Crippen molar-refractivity contribution in [3.8, 4) is 0 Å². The van der Waals surface area contributed by atoms with Crippen LogP contribution >= 0.6 is 0 Å². The molecule has 4 heteroatoms. The molecule has 0 aromatic rings. The Morgan fingerprint density at radius 1 is 1.43 bits per heavy atom. The predicted octanol–water partition coefficient (Wildman–Crippen LogP) is 0.130. The number of likely N-dealkylation sites (N-methyl/N-ethyl adjacent to an activating group) is 1. The zero-order chi connectivity index (χ0) is 10.6. The van der Waals surface area contributed by atoms with Crippen LogP contribution in [0.15, 0.2) is 0 Å². The molecule has 0 aliphatic carbocycles. The zero-order valence-corrected chi connectivity index (χ0v) is 8.95. The molecule has 0 atom stereocenters. The molecule has 1 heterocycles. The Morgan fingerprint density at radius 2 is 2.14 bits per heavy atom. The maximum atomic E-state index is 11.6. The van der Waals surface area contributed by atoms with Crippen molar-refractivity contribution in [1.82, 2.24) is 9.80 Å². The van der Waals surface area contributed by atoms with E-state index >= 15 is 0 Å². The minimum Gasteiger partial charge on any atom is -0.342 e. The van der Waals surface area contributed by atoms with Gasteiger partial charge in [0.15, 0.2) is 0 Å². The van der Waals surface area contributed by atoms with Gasteiger partial charge in [-0.05, 0) is 20.3 Å². The van der Waals surface area contributed by atoms with Crippen molar-refractivity contribution < 1.29 is 9.59 Å². The first-order valence-electron chi connectivity index (χ1n) is 5.13. The number of carbonyl (C=O) groups excluding carboxylic acids is 2. The fourth-order valence-corrected chi connectivity index (χ4v) is 1.76. The van der Waals surface area contributed by atoms with Crippen LogP contribution in [0.2, 0.25) is 0 Å². The standard InChI is InChI=1S/C10H18N2O2/c1-3-12-6-4-5-11(7-9(2)13)8-10(12)14/h3-8H2,1-2H3. The molecule has 0 aromatic carbocycles. The Labute approximate surface area is 84.9 Å². The summed E-state index contributed by atoms with van der Waals surface area (Å²) >= 11 is 0. The van der Waals surface area contributed by atoms with Crippen LogP contribution < -0.4 is 0 Å². The van der Waals surface area contributed by atoms with Crippen LogP contribution in [-0.2, 0) is 9.59 Å². The molecule has 1 aliphatic heterocycles. The molecule has 0 aromatic heterocycles. The van der Waals surface area contributed by atoms with Gasteiger partial charge < -0.3 is 4.90 Å². The topological polar surface area (TPSA) is 40.6 Å². The lowest BCUT2D eigenvalue weighted by Crippen LogP contribution is -2.38. The van der Waals surface area contributed by atoms with Gasteiger partial charge in [-0.2, -0.15) is 0 Å². The quantitative estimate of drug-likeness (QED) is 0.647. The monoisotopic (exact) mass is 198 g/mol. The molecule has 0 radical (unpaired) electrons. The van der Waals surface area contributed by atoms with Crippen LogP contribution in [0.5, 0.6) is 0 Å². The molecule has 0 spiro atoms. The summed E-state index contributed by atoms with van der Waals surface area (Å²) in [6, 6.07) is 0. The molecule has 80 valence electrons. The summed E-state index contributed by atoms with van der Waals surface area (Å²) in [7, 11) is 0. The molecule has 0 unspecified atom stereocenters. The van der Waals surface area contributed by atoms with Crippen molar-refractivity contribution in [3.63, 3.8) is 0 Å². The zero-order valence-electron chi connectivity index (χ0n) is 8.95. The Morgan fingerprint density at radius 3 is 2.71 bits per heavy atom. The van der Waals surface area contributed by atoms with Crippen molar-refractivity contribution in [2.24, 2.45) is 0 Å². The summed E-state index contributed by atoms with van der Waals surface area (Å²) in [6.45, 7) is 6.79. The minimum atomic E-state index is 0.128. The summed E-state index contributed by atoms with van der Waals surface area (Å²) in [5, 5.41) is 0. The maximum Gasteiger partial charge on any atom is 0.236 e. The summed E-state index contributed by atoms with van der Waals surface area (Å²) in [5.41, 5.74) is 0. The first-order chi connectivity index (χ1) is 6.63. The Kier molecular flexibility index (Phi) is 4.07. The largest absolute Gasteiger partial charge is 0.342 e. The second kappa shape index (κ2) is 5.10. The van der Waals surface area contributed by atoms with Crippen molar-refractivity contribution in [3.05, 3.63) is 0 Å². The van der Waals surface area contributed by atoms with E-state index in [4.69, 9.17) is 0 Å². The second-order valence-corrected chi connectivity index (χ2v) is 3.74. The van der Waals surface area contributed by atoms with Gasteiger partial charge in [0.05, 0.1) is 13.1 Å². The van der Waals surface area contributed by atoms with Crippen LogP contribution in [0.4, 0.5) is 0 Å². The highest BCUT2D eigenvalue weighted by atomic mass is 16.2. The van der Waals surface area contributed by atoms with Gasteiger partial charge in [0.2, 0.25) is 5.91 Å². The number of nitrogens with zero attached hydrogens (tertiary/aromatic N) is 2. The number of carbonyl (C=O) groups is 2. The van der Waals surface area contributed by atoms with Gasteiger partial charge in [0, 0.05) is 19.6 Å². The lowest BCUT2D eigenvalue weighted by atomic mass is 10.3. The molecule has 1 rings (SSSR count). The molecule has 1 fully saturated rings. The summed E-state index contributed by atoms with van der Waals surface area (Å²) in [5.74, 6) is 0.272. The second-order valence-electron chi connectivity index (χ2n) is 3.74. The molecular weight excluding hydrogens is 180 g/mol. The summed E-state index contributed by atoms with van der Waals surface area (Å²) < 4.78 is 0. The van der Waals surface area contributed by atoms with E-state index in [-0.39, 0.29) is 11.7 Å². The number of Topliss-reactive ketones (excluding diaryl/α,β-unsaturated/α-hetero) is 1. The third-order valence-electron chi connectivity index (χ3n) is 2.44. The highest BCUT2D eigenvalue weighted by Gasteiger charge is 2.20. The van der Waals surface area contributed by atoms with E-state index < -0.39 is 0 Å². The van der Waals surface area contributed by atoms with Gasteiger partial charge in [-0.1, -0.05) is 0 Å². The molecule has 14 heavy (non-hydrogen) atoms. The van der Waals surface area contributed by atoms with Gasteiger partial charge in [-0.15, -0.1) is 0 Å². The van der Waals surface area contributed by atoms with Crippen LogP contribution in [0.3, 0.4) is 0 Å². The third-order valence-corrected chi connectivity index (χ3v) is 2.44. The van der Waals surface area contributed by atoms with E-state index in [9.17, 15) is 9.59 Å². The highest BCUT2D eigenvalue weighted by molar-refractivity contribution is 5.81. The molecule has 4 nitrogen and oxygen atoms in total. The molecule has 1 saturated heterocycles. The van der Waals surface area contributed by atoms with Gasteiger partial charge >= 0.3 is 0 Å². The lowest BCUT2D eigenvalue weighted by molar-refractivity contribution is -0.131. The molecule has 0 N–H and O–H groups in total. The summed E-state index contributed by atoms with van der Waals surface area (Å²) in [6.07, 6.45) is 0.965. The number of ketones is 1. The molecule has 0 bridgehead atoms. The number of hydrogen-bond donors (Lipinski definition) is 0. The average Bonchev–Trinajstić information content (AvgIpc) is 2.25. The van der Waals surface area contributed by atoms with Gasteiger partial charge in [-0.3, -0.25) is 14.5 Å². The van der Waals surface area contributed by atoms with Gasteiger partial charge in [-0.25, -0.2) is 0 Å². The van der Waals surface area contributed by atoms with Crippen LogP contribution in [0.1, 0.15) is 20.3 Å². The predicted molar refractivity (Wildman–Crippen MR) is 54.0 cm³/mol. The smallest absolute Gasteiger partial charge is 0.236 e. The summed E-state index contributed by atoms with van der Waals surface area (Å²) in [4.78, 5) is 26.3. The van der Waals surface area contributed by atoms with Crippen LogP contribution in [-0.4, -0.2) is 54.2 Å². The SMILES string of the molecule is CCN1CCCN(CC(C)=O)CC1=O. The van der Waals surface area contributed by atoms with E-state index in [2.05, 4.69) is 0 Å². The van der Waals surface area contributed by atoms with Crippen molar-refractivity contribution in [2.45, 2.75) is 20.3 Å². The fraction of sp³-hybridized carbons (Fsp3) is 0.800. The van der Waals surface area contributed by atoms with E-state index in [1.165, 1.54) is 0 Å². The van der Waals surface area contributed by atoms with Gasteiger partial charge in [0.1, 0.15) is 5.78 Å². The third kappa shape index (κ3) is 3.10. The number of hydrogen-bond acceptors (Lipinski definition) is 3. The Balaban J connectivity index is 2.51. The van der Waals surface area contributed by atoms with E-state index in [1.807, 2.05) is 16.7 Å². The lowest BCUT2D eigenvalue weighted by Gasteiger charge is -2.19. The van der Waals surface area contributed by atoms with Crippen molar-refractivity contribution in [1.29, 1.82) is 0 Å². The molecule has 1 aliphatic rings. The van der Waals surface area contributed by atoms with E-state index in [1.54, 1.807) is 6.92 Å². The van der Waals surface area contributed by atoms with Crippen LogP contribution in [0, 0.1) is 0 Å². The minimum absolute atomic E-state index is 0.128. The highest BCUT2D eigenvalue weighted by Crippen LogP contribution is 2.03. The Bertz CT molecular complexity index is 228. The molecule has 0 saturated carbocycles. The normalized spacial score (nSPS) is 19.6. The van der Waals surface area contributed by atoms with Crippen molar-refractivity contribution >= 4 is 11.7 Å². The average molecular weight is 198 g/mol. The van der Waals surface area contributed by atoms with Crippen molar-refractivity contribution in [2.75, 3.05) is 32.7 Å². The Hall–Kier alpha value is -0.900.